The van der Waals surface area contributed by atoms with Gasteiger partial charge in [-0.25, -0.2) is 0 Å². The first kappa shape index (κ1) is 23.9. The molecule has 0 saturated carbocycles. The molecule has 0 saturated heterocycles. The second-order valence-electron chi connectivity index (χ2n) is 7.60. The average Bonchev–Trinajstić information content (AvgIpc) is 2.65. The Morgan fingerprint density at radius 2 is 1.78 bits per heavy atom. The molecule has 0 aromatic heterocycles. The minimum absolute atomic E-state index is 0.124. The van der Waals surface area contributed by atoms with Crippen molar-refractivity contribution in [3.8, 4) is 0 Å². The van der Waals surface area contributed by atoms with Crippen LogP contribution in [0.3, 0.4) is 0 Å². The van der Waals surface area contributed by atoms with Crippen molar-refractivity contribution >= 4 is 5.97 Å². The zero-order valence-corrected chi connectivity index (χ0v) is 18.2. The highest BCUT2D eigenvalue weighted by Gasteiger charge is 2.49. The Hall–Kier alpha value is -1.17. The van der Waals surface area contributed by atoms with Crippen LogP contribution in [-0.2, 0) is 4.79 Å². The molecule has 2 N–H and O–H groups in total. The zero-order valence-electron chi connectivity index (χ0n) is 18.2. The number of hydrogen-bond acceptors (Lipinski definition) is 4. The summed E-state index contributed by atoms with van der Waals surface area (Å²) in [6.07, 6.45) is 10.3. The van der Waals surface area contributed by atoms with Crippen molar-refractivity contribution in [3.05, 3.63) is 24.3 Å². The molecular formula is C22H41N3O2. The number of hydrogen-bond donors (Lipinski definition) is 2. The summed E-state index contributed by atoms with van der Waals surface area (Å²) < 4.78 is 0. The number of carboxylic acids is 1. The highest BCUT2D eigenvalue weighted by molar-refractivity contribution is 5.76. The molecule has 0 heterocycles. The van der Waals surface area contributed by atoms with Crippen LogP contribution < -0.4 is 5.32 Å². The molecule has 1 aliphatic carbocycles. The first-order valence-electron chi connectivity index (χ1n) is 10.7. The summed E-state index contributed by atoms with van der Waals surface area (Å²) >= 11 is 0. The number of nitrogens with one attached hydrogen (secondary N) is 1. The summed E-state index contributed by atoms with van der Waals surface area (Å²) in [6.45, 7) is 17.7. The number of likely N-dealkylation sites (N-methyl/N-ethyl adjacent to an activating group) is 1. The van der Waals surface area contributed by atoms with Crippen LogP contribution in [-0.4, -0.2) is 71.2 Å². The Balaban J connectivity index is 2.94. The maximum atomic E-state index is 12.3. The van der Waals surface area contributed by atoms with Gasteiger partial charge in [0, 0.05) is 6.04 Å². The van der Waals surface area contributed by atoms with Gasteiger partial charge in [0.15, 0.2) is 0 Å². The Kier molecular flexibility index (Phi) is 10.3. The Bertz CT molecular complexity index is 498. The third kappa shape index (κ3) is 5.90. The number of aliphatic carboxylic acids is 1. The highest BCUT2D eigenvalue weighted by Crippen LogP contribution is 2.35. The summed E-state index contributed by atoms with van der Waals surface area (Å²) in [5, 5.41) is 13.6. The molecule has 1 aliphatic rings. The molecule has 4 unspecified atom stereocenters. The van der Waals surface area contributed by atoms with Gasteiger partial charge in [-0.3, -0.25) is 9.69 Å². The van der Waals surface area contributed by atoms with E-state index < -0.39 is 17.6 Å². The molecular weight excluding hydrogens is 338 g/mol. The molecule has 4 atom stereocenters. The Labute approximate surface area is 166 Å². The fourth-order valence-corrected chi connectivity index (χ4v) is 4.38. The zero-order chi connectivity index (χ0) is 20.4. The summed E-state index contributed by atoms with van der Waals surface area (Å²) in [6, 6.07) is -0.488. The third-order valence-electron chi connectivity index (χ3n) is 6.08. The van der Waals surface area contributed by atoms with Crippen molar-refractivity contribution in [2.75, 3.05) is 32.7 Å². The standard InChI is InChI=1S/C22H41N3O2/c1-7-24(8-2)17-13-15-19(6)23-20(21(26)27)22(25(9-3)10-4)16-12-11-14-18(22)5/h11-12,14,16,18-20,23H,7-10,13,15,17H2,1-6H3,(H,26,27). The fourth-order valence-electron chi connectivity index (χ4n) is 4.38. The number of allylic oxidation sites excluding steroid dienone is 2. The largest absolute Gasteiger partial charge is 0.480 e. The first-order chi connectivity index (χ1) is 12.9. The minimum atomic E-state index is -0.774. The molecule has 0 aromatic carbocycles. The van der Waals surface area contributed by atoms with Gasteiger partial charge in [0.25, 0.3) is 0 Å². The predicted octanol–water partition coefficient (Wildman–Crippen LogP) is 3.38. The second-order valence-corrected chi connectivity index (χ2v) is 7.60. The van der Waals surface area contributed by atoms with Gasteiger partial charge in [0.2, 0.25) is 0 Å². The van der Waals surface area contributed by atoms with Gasteiger partial charge >= 0.3 is 5.97 Å². The van der Waals surface area contributed by atoms with E-state index in [9.17, 15) is 9.90 Å². The van der Waals surface area contributed by atoms with E-state index in [-0.39, 0.29) is 12.0 Å². The summed E-state index contributed by atoms with van der Waals surface area (Å²) in [7, 11) is 0. The smallest absolute Gasteiger partial charge is 0.323 e. The monoisotopic (exact) mass is 379 g/mol. The maximum Gasteiger partial charge on any atom is 0.323 e. The lowest BCUT2D eigenvalue weighted by Gasteiger charge is -2.49. The van der Waals surface area contributed by atoms with Crippen LogP contribution in [0.4, 0.5) is 0 Å². The lowest BCUT2D eigenvalue weighted by Crippen LogP contribution is -2.67. The van der Waals surface area contributed by atoms with Crippen molar-refractivity contribution in [2.45, 2.75) is 72.0 Å². The van der Waals surface area contributed by atoms with E-state index in [4.69, 9.17) is 0 Å². The van der Waals surface area contributed by atoms with Gasteiger partial charge in [-0.2, -0.15) is 0 Å². The molecule has 0 radical (unpaired) electrons. The van der Waals surface area contributed by atoms with Gasteiger partial charge in [-0.15, -0.1) is 0 Å². The van der Waals surface area contributed by atoms with Crippen LogP contribution in [0.25, 0.3) is 0 Å². The normalized spacial score (nSPS) is 24.5. The van der Waals surface area contributed by atoms with Crippen LogP contribution in [0.2, 0.25) is 0 Å². The minimum Gasteiger partial charge on any atom is -0.480 e. The van der Waals surface area contributed by atoms with Crippen LogP contribution in [0, 0.1) is 5.92 Å². The summed E-state index contributed by atoms with van der Waals surface area (Å²) in [5.74, 6) is -0.650. The van der Waals surface area contributed by atoms with Crippen LogP contribution in [0.15, 0.2) is 24.3 Å². The molecule has 156 valence electrons. The molecule has 5 nitrogen and oxygen atoms in total. The van der Waals surface area contributed by atoms with Crippen LogP contribution in [0.1, 0.15) is 54.4 Å². The van der Waals surface area contributed by atoms with Gasteiger partial charge in [0.1, 0.15) is 6.04 Å². The number of carbonyl (C=O) groups is 1. The summed E-state index contributed by atoms with van der Waals surface area (Å²) in [4.78, 5) is 17.0. The molecule has 0 bridgehead atoms. The summed E-state index contributed by atoms with van der Waals surface area (Å²) in [5.41, 5.74) is -0.544. The first-order valence-corrected chi connectivity index (χ1v) is 10.7. The lowest BCUT2D eigenvalue weighted by atomic mass is 9.74. The molecule has 0 fully saturated rings. The second kappa shape index (κ2) is 11.6. The van der Waals surface area contributed by atoms with Crippen molar-refractivity contribution in [3.63, 3.8) is 0 Å². The maximum absolute atomic E-state index is 12.3. The molecule has 0 amide bonds. The lowest BCUT2D eigenvalue weighted by molar-refractivity contribution is -0.144. The quantitative estimate of drug-likeness (QED) is 0.514. The van der Waals surface area contributed by atoms with E-state index in [1.54, 1.807) is 0 Å². The molecule has 0 aromatic rings. The predicted molar refractivity (Wildman–Crippen MR) is 114 cm³/mol. The van der Waals surface area contributed by atoms with E-state index in [1.165, 1.54) is 0 Å². The van der Waals surface area contributed by atoms with E-state index in [1.807, 2.05) is 12.2 Å². The van der Waals surface area contributed by atoms with Gasteiger partial charge in [-0.1, -0.05) is 58.9 Å². The van der Waals surface area contributed by atoms with Gasteiger partial charge in [0.05, 0.1) is 5.54 Å². The van der Waals surface area contributed by atoms with E-state index >= 15 is 0 Å². The van der Waals surface area contributed by atoms with Crippen LogP contribution >= 0.6 is 0 Å². The van der Waals surface area contributed by atoms with Gasteiger partial charge in [-0.05, 0) is 58.4 Å². The van der Waals surface area contributed by atoms with Crippen molar-refractivity contribution in [1.82, 2.24) is 15.1 Å². The van der Waals surface area contributed by atoms with Crippen molar-refractivity contribution < 1.29 is 9.90 Å². The molecule has 1 rings (SSSR count). The van der Waals surface area contributed by atoms with Gasteiger partial charge < -0.3 is 15.3 Å². The van der Waals surface area contributed by atoms with Crippen molar-refractivity contribution in [1.29, 1.82) is 0 Å². The molecule has 27 heavy (non-hydrogen) atoms. The van der Waals surface area contributed by atoms with E-state index in [2.05, 4.69) is 68.8 Å². The third-order valence-corrected chi connectivity index (χ3v) is 6.08. The molecule has 0 spiro atoms. The van der Waals surface area contributed by atoms with E-state index in [0.717, 1.165) is 45.6 Å². The van der Waals surface area contributed by atoms with E-state index in [0.29, 0.717) is 0 Å². The topological polar surface area (TPSA) is 55.8 Å². The number of nitrogens with zero attached hydrogens (tertiary/aromatic N) is 2. The Morgan fingerprint density at radius 1 is 1.15 bits per heavy atom. The highest BCUT2D eigenvalue weighted by atomic mass is 16.4. The fraction of sp³-hybridized carbons (Fsp3) is 0.773. The van der Waals surface area contributed by atoms with Crippen molar-refractivity contribution in [2.24, 2.45) is 5.92 Å². The number of carboxylic acid groups (broad SMARTS) is 1. The average molecular weight is 380 g/mol. The van der Waals surface area contributed by atoms with Crippen LogP contribution in [0.5, 0.6) is 0 Å². The number of rotatable bonds is 13. The molecule has 5 heteroatoms. The Morgan fingerprint density at radius 3 is 2.26 bits per heavy atom. The molecule has 0 aliphatic heterocycles. The SMILES string of the molecule is CCN(CC)CCCC(C)NC(C(=O)O)C1(N(CC)CC)C=CC=CC1C.